The number of unbranched alkanes of at least 4 members (excludes halogenated alkanes) is 34. The van der Waals surface area contributed by atoms with Gasteiger partial charge < -0.3 is 28.5 Å². The van der Waals surface area contributed by atoms with Crippen molar-refractivity contribution in [2.75, 3.05) is 47.5 Å². The van der Waals surface area contributed by atoms with Gasteiger partial charge in [-0.05, 0) is 12.8 Å². The minimum atomic E-state index is -1.50. The van der Waals surface area contributed by atoms with E-state index < -0.39 is 18.4 Å². The second-order valence-electron chi connectivity index (χ2n) is 19.2. The average molecular weight is 869 g/mol. The molecule has 0 spiro atoms. The molecule has 0 fully saturated rings. The third-order valence-electron chi connectivity index (χ3n) is 11.9. The van der Waals surface area contributed by atoms with Gasteiger partial charge in [0.25, 0.3) is 6.29 Å². The van der Waals surface area contributed by atoms with E-state index in [2.05, 4.69) is 13.8 Å². The fourth-order valence-electron chi connectivity index (χ4n) is 7.78. The van der Waals surface area contributed by atoms with Gasteiger partial charge in [0.1, 0.15) is 13.2 Å². The number of hydrogen-bond acceptors (Lipinski definition) is 7. The van der Waals surface area contributed by atoms with Crippen LogP contribution >= 0.6 is 0 Å². The second kappa shape index (κ2) is 44.9. The Hall–Kier alpha value is -1.71. The number of hydrogen-bond donors (Lipinski definition) is 1. The Labute approximate surface area is 377 Å². The number of carboxylic acid groups (broad SMARTS) is 1. The highest BCUT2D eigenvalue weighted by atomic mass is 16.7. The maximum absolute atomic E-state index is 12.8. The standard InChI is InChI=1S/C52H101NO8/c1-6-8-10-12-14-16-18-20-22-23-24-25-26-27-28-29-31-33-35-37-39-41-43-50(55)61-48(47-60-52(51(56)57)58-45-44-53(3,4)5)46-59-49(54)42-40-38-36-34-32-30-21-19-17-15-13-11-9-7-2/h48,52H,6-47H2,1-5H3/p+1. The lowest BCUT2D eigenvalue weighted by molar-refractivity contribution is -0.870. The summed E-state index contributed by atoms with van der Waals surface area (Å²) in [7, 11) is 5.97. The highest BCUT2D eigenvalue weighted by Crippen LogP contribution is 2.17. The van der Waals surface area contributed by atoms with Crippen LogP contribution in [0.5, 0.6) is 0 Å². The molecule has 9 nitrogen and oxygen atoms in total. The van der Waals surface area contributed by atoms with Crippen molar-refractivity contribution in [3.05, 3.63) is 0 Å². The zero-order valence-electron chi connectivity index (χ0n) is 41.1. The molecule has 1 N–H and O–H groups in total. The lowest BCUT2D eigenvalue weighted by Gasteiger charge is -2.25. The summed E-state index contributed by atoms with van der Waals surface area (Å²) in [5, 5.41) is 9.66. The van der Waals surface area contributed by atoms with E-state index in [0.29, 0.717) is 17.4 Å². The minimum absolute atomic E-state index is 0.173. The van der Waals surface area contributed by atoms with Crippen molar-refractivity contribution in [3.8, 4) is 0 Å². The molecule has 0 rings (SSSR count). The molecule has 0 aliphatic heterocycles. The van der Waals surface area contributed by atoms with Crippen molar-refractivity contribution >= 4 is 17.9 Å². The largest absolute Gasteiger partial charge is 0.477 e. The minimum Gasteiger partial charge on any atom is -0.477 e. The topological polar surface area (TPSA) is 108 Å². The van der Waals surface area contributed by atoms with E-state index in [1.165, 1.54) is 193 Å². The maximum Gasteiger partial charge on any atom is 0.361 e. The molecule has 0 saturated carbocycles. The molecule has 0 saturated heterocycles. The Balaban J connectivity index is 4.24. The third-order valence-corrected chi connectivity index (χ3v) is 11.9. The number of carbonyl (C=O) groups excluding carboxylic acids is 2. The van der Waals surface area contributed by atoms with Crippen LogP contribution in [0, 0.1) is 0 Å². The summed E-state index contributed by atoms with van der Waals surface area (Å²) >= 11 is 0. The van der Waals surface area contributed by atoms with Crippen LogP contribution in [-0.2, 0) is 33.3 Å². The molecule has 0 aromatic carbocycles. The fourth-order valence-corrected chi connectivity index (χ4v) is 7.78. The van der Waals surface area contributed by atoms with E-state index in [4.69, 9.17) is 18.9 Å². The average Bonchev–Trinajstić information content (AvgIpc) is 3.22. The Kier molecular flexibility index (Phi) is 43.6. The van der Waals surface area contributed by atoms with Gasteiger partial charge in [0.2, 0.25) is 0 Å². The second-order valence-corrected chi connectivity index (χ2v) is 19.2. The van der Waals surface area contributed by atoms with E-state index >= 15 is 0 Å². The molecule has 0 aromatic heterocycles. The number of nitrogens with zero attached hydrogens (tertiary/aromatic N) is 1. The van der Waals surface area contributed by atoms with Crippen molar-refractivity contribution < 1.29 is 42.9 Å². The molecule has 9 heteroatoms. The summed E-state index contributed by atoms with van der Waals surface area (Å²) < 4.78 is 22.8. The molecule has 0 heterocycles. The molecule has 0 amide bonds. The number of carbonyl (C=O) groups is 3. The monoisotopic (exact) mass is 869 g/mol. The number of ether oxygens (including phenoxy) is 4. The van der Waals surface area contributed by atoms with Gasteiger partial charge in [-0.25, -0.2) is 4.79 Å². The fraction of sp³-hybridized carbons (Fsp3) is 0.942. The van der Waals surface area contributed by atoms with Gasteiger partial charge in [-0.3, -0.25) is 9.59 Å². The van der Waals surface area contributed by atoms with Gasteiger partial charge in [0, 0.05) is 12.8 Å². The molecule has 0 bridgehead atoms. The number of rotatable bonds is 49. The third kappa shape index (κ3) is 46.1. The predicted octanol–water partition coefficient (Wildman–Crippen LogP) is 14.5. The summed E-state index contributed by atoms with van der Waals surface area (Å²) in [6.45, 7) is 4.93. The van der Waals surface area contributed by atoms with Crippen LogP contribution in [0.2, 0.25) is 0 Å². The molecule has 362 valence electrons. The Morgan fingerprint density at radius 3 is 1.05 bits per heavy atom. The highest BCUT2D eigenvalue weighted by Gasteiger charge is 2.25. The molecule has 0 aromatic rings. The molecule has 0 aliphatic rings. The van der Waals surface area contributed by atoms with Crippen LogP contribution in [0.25, 0.3) is 0 Å². The number of likely N-dealkylation sites (N-methyl/N-ethyl adjacent to an activating group) is 1. The van der Waals surface area contributed by atoms with Crippen LogP contribution in [0.1, 0.15) is 258 Å². The van der Waals surface area contributed by atoms with Crippen molar-refractivity contribution in [2.24, 2.45) is 0 Å². The van der Waals surface area contributed by atoms with Crippen LogP contribution in [0.4, 0.5) is 0 Å². The van der Waals surface area contributed by atoms with Crippen molar-refractivity contribution in [3.63, 3.8) is 0 Å². The van der Waals surface area contributed by atoms with Gasteiger partial charge in [0.05, 0.1) is 34.4 Å². The maximum atomic E-state index is 12.8. The van der Waals surface area contributed by atoms with E-state index in [0.717, 1.165) is 38.5 Å². The van der Waals surface area contributed by atoms with Crippen LogP contribution in [-0.4, -0.2) is 87.4 Å². The Morgan fingerprint density at radius 1 is 0.426 bits per heavy atom. The van der Waals surface area contributed by atoms with Crippen LogP contribution in [0.3, 0.4) is 0 Å². The summed E-state index contributed by atoms with van der Waals surface area (Å²) in [4.78, 5) is 37.2. The van der Waals surface area contributed by atoms with Gasteiger partial charge in [-0.1, -0.05) is 232 Å². The van der Waals surface area contributed by atoms with Gasteiger partial charge in [-0.2, -0.15) is 0 Å². The van der Waals surface area contributed by atoms with E-state index in [9.17, 15) is 19.5 Å². The van der Waals surface area contributed by atoms with Crippen LogP contribution < -0.4 is 0 Å². The van der Waals surface area contributed by atoms with Crippen molar-refractivity contribution in [2.45, 2.75) is 270 Å². The number of quaternary nitrogens is 1. The smallest absolute Gasteiger partial charge is 0.361 e. The van der Waals surface area contributed by atoms with Crippen molar-refractivity contribution in [1.29, 1.82) is 0 Å². The number of esters is 2. The predicted molar refractivity (Wildman–Crippen MR) is 254 cm³/mol. The van der Waals surface area contributed by atoms with Crippen molar-refractivity contribution in [1.82, 2.24) is 0 Å². The lowest BCUT2D eigenvalue weighted by atomic mass is 10.0. The molecule has 0 radical (unpaired) electrons. The SMILES string of the molecule is CCCCCCCCCCCCCCCCCCCCCCCCC(=O)OC(COC(=O)CCCCCCCCCCCCCCCC)COC(OCC[N+](C)(C)C)C(=O)O. The Morgan fingerprint density at radius 2 is 0.738 bits per heavy atom. The van der Waals surface area contributed by atoms with Crippen LogP contribution in [0.15, 0.2) is 0 Å². The summed E-state index contributed by atoms with van der Waals surface area (Å²) in [5.74, 6) is -1.98. The first-order valence-corrected chi connectivity index (χ1v) is 26.2. The van der Waals surface area contributed by atoms with E-state index in [1.807, 2.05) is 21.1 Å². The first kappa shape index (κ1) is 59.3. The summed E-state index contributed by atoms with van der Waals surface area (Å²) in [6.07, 6.45) is 44.5. The number of carboxylic acids is 1. The first-order chi connectivity index (χ1) is 29.6. The molecular formula is C52H102NO8+. The van der Waals surface area contributed by atoms with E-state index in [-0.39, 0.29) is 38.2 Å². The zero-order valence-corrected chi connectivity index (χ0v) is 41.1. The summed E-state index contributed by atoms with van der Waals surface area (Å²) in [6, 6.07) is 0. The quantitative estimate of drug-likeness (QED) is 0.0279. The lowest BCUT2D eigenvalue weighted by Crippen LogP contribution is -2.40. The van der Waals surface area contributed by atoms with Gasteiger partial charge >= 0.3 is 17.9 Å². The molecule has 2 unspecified atom stereocenters. The highest BCUT2D eigenvalue weighted by molar-refractivity contribution is 5.71. The zero-order chi connectivity index (χ0) is 44.9. The van der Waals surface area contributed by atoms with E-state index in [1.54, 1.807) is 0 Å². The molecule has 0 aliphatic carbocycles. The molecular weight excluding hydrogens is 767 g/mol. The Bertz CT molecular complexity index is 970. The molecule has 61 heavy (non-hydrogen) atoms. The normalized spacial score (nSPS) is 12.7. The number of aliphatic carboxylic acids is 1. The summed E-state index contributed by atoms with van der Waals surface area (Å²) in [5.41, 5.74) is 0. The van der Waals surface area contributed by atoms with Gasteiger partial charge in [-0.15, -0.1) is 0 Å². The van der Waals surface area contributed by atoms with Gasteiger partial charge in [0.15, 0.2) is 6.10 Å². The molecule has 2 atom stereocenters. The first-order valence-electron chi connectivity index (χ1n) is 26.2.